The number of ether oxygens (including phenoxy) is 4. The van der Waals surface area contributed by atoms with Crippen LogP contribution in [0.3, 0.4) is 0 Å². The molecule has 0 saturated carbocycles. The van der Waals surface area contributed by atoms with Crippen molar-refractivity contribution in [2.75, 3.05) is 31.4 Å². The Kier molecular flexibility index (Phi) is 16.0. The van der Waals surface area contributed by atoms with Gasteiger partial charge in [0.05, 0.1) is 25.5 Å². The van der Waals surface area contributed by atoms with Gasteiger partial charge in [-0.05, 0) is 70.2 Å². The number of amides is 4. The van der Waals surface area contributed by atoms with E-state index >= 15 is 0 Å². The number of benzene rings is 2. The molecule has 0 heterocycles. The van der Waals surface area contributed by atoms with Crippen molar-refractivity contribution in [1.29, 1.82) is 0 Å². The first-order valence-corrected chi connectivity index (χ1v) is 16.2. The Bertz CT molecular complexity index is 1480. The highest BCUT2D eigenvalue weighted by Crippen LogP contribution is 2.22. The Hall–Kier alpha value is -5.34. The number of esters is 2. The molecule has 2 rings (SSSR count). The minimum absolute atomic E-state index is 0.0422. The van der Waals surface area contributed by atoms with E-state index in [0.717, 1.165) is 5.56 Å². The molecule has 0 fully saturated rings. The fourth-order valence-corrected chi connectivity index (χ4v) is 4.46. The van der Waals surface area contributed by atoms with Gasteiger partial charge in [0.15, 0.2) is 0 Å². The van der Waals surface area contributed by atoms with Crippen molar-refractivity contribution in [2.24, 2.45) is 5.92 Å². The van der Waals surface area contributed by atoms with Gasteiger partial charge < -0.3 is 45.5 Å². The Morgan fingerprint density at radius 2 is 1.48 bits per heavy atom. The summed E-state index contributed by atoms with van der Waals surface area (Å²) in [5.41, 5.74) is 0.742. The number of nitrogens with one attached hydrogen (secondary N) is 5. The van der Waals surface area contributed by atoms with E-state index < -0.39 is 59.7 Å². The zero-order chi connectivity index (χ0) is 37.4. The lowest BCUT2D eigenvalue weighted by atomic mass is 10.0. The van der Waals surface area contributed by atoms with Crippen LogP contribution in [-0.4, -0.2) is 80.4 Å². The van der Waals surface area contributed by atoms with Gasteiger partial charge in [0.1, 0.15) is 30.3 Å². The summed E-state index contributed by atoms with van der Waals surface area (Å²) in [5.74, 6) is -2.86. The van der Waals surface area contributed by atoms with Crippen LogP contribution in [0, 0.1) is 5.92 Å². The molecule has 5 N–H and O–H groups in total. The molecule has 0 bridgehead atoms. The maximum Gasteiger partial charge on any atom is 0.408 e. The fraction of sp³-hybridized carbons (Fsp3) is 0.486. The molecule has 2 aromatic rings. The number of rotatable bonds is 16. The molecule has 15 nitrogen and oxygen atoms in total. The lowest BCUT2D eigenvalue weighted by molar-refractivity contribution is -0.143. The summed E-state index contributed by atoms with van der Waals surface area (Å²) in [6.07, 6.45) is -0.878. The molecular weight excluding hydrogens is 650 g/mol. The number of hydrogen-bond donors (Lipinski definition) is 5. The van der Waals surface area contributed by atoms with Crippen molar-refractivity contribution in [3.8, 4) is 0 Å². The summed E-state index contributed by atoms with van der Waals surface area (Å²) in [6.45, 7) is 10.4. The van der Waals surface area contributed by atoms with Gasteiger partial charge in [0, 0.05) is 12.2 Å². The molecule has 0 aromatic heterocycles. The molecule has 0 aliphatic rings. The van der Waals surface area contributed by atoms with E-state index in [2.05, 4.69) is 26.6 Å². The van der Waals surface area contributed by atoms with Gasteiger partial charge in [-0.25, -0.2) is 19.2 Å². The van der Waals surface area contributed by atoms with Crippen LogP contribution in [-0.2, 0) is 39.9 Å². The van der Waals surface area contributed by atoms with Gasteiger partial charge >= 0.3 is 24.1 Å². The van der Waals surface area contributed by atoms with Gasteiger partial charge in [-0.3, -0.25) is 9.59 Å². The molecule has 0 radical (unpaired) electrons. The van der Waals surface area contributed by atoms with Gasteiger partial charge in [-0.15, -0.1) is 0 Å². The van der Waals surface area contributed by atoms with Crippen LogP contribution in [0.25, 0.3) is 0 Å². The van der Waals surface area contributed by atoms with E-state index in [-0.39, 0.29) is 30.2 Å². The first-order chi connectivity index (χ1) is 23.5. The van der Waals surface area contributed by atoms with Gasteiger partial charge in [0.25, 0.3) is 0 Å². The molecule has 0 spiro atoms. The zero-order valence-electron chi connectivity index (χ0n) is 29.8. The fourth-order valence-electron chi connectivity index (χ4n) is 4.46. The van der Waals surface area contributed by atoms with E-state index in [9.17, 15) is 28.8 Å². The van der Waals surface area contributed by atoms with Crippen molar-refractivity contribution in [1.82, 2.24) is 16.0 Å². The molecule has 2 aromatic carbocycles. The van der Waals surface area contributed by atoms with Crippen molar-refractivity contribution in [2.45, 2.75) is 84.7 Å². The minimum atomic E-state index is -1.04. The third-order valence-corrected chi connectivity index (χ3v) is 7.05. The first-order valence-electron chi connectivity index (χ1n) is 16.2. The monoisotopic (exact) mass is 699 g/mol. The Morgan fingerprint density at radius 3 is 2.08 bits per heavy atom. The minimum Gasteiger partial charge on any atom is -0.467 e. The predicted octanol–water partition coefficient (Wildman–Crippen LogP) is 4.13. The first kappa shape index (κ1) is 40.8. The summed E-state index contributed by atoms with van der Waals surface area (Å²) in [4.78, 5) is 75.5. The number of carbonyl (C=O) groups is 6. The molecule has 4 amide bonds. The third-order valence-electron chi connectivity index (χ3n) is 7.05. The standard InChI is InChI=1S/C35H49N5O10/c1-21(2)28(40-34(46)50-35(4,5)6)30(42)37-22(3)29(41)38-26-17-16-24(19-25(26)31(43)47-7)36-18-12-15-27(32(44)48-8)39-33(45)49-20-23-13-10-9-11-14-23/h9-11,13-14,16-17,19,21-22,27-28,36H,12,15,18,20H2,1-8H3,(H,37,42)(H,38,41)(H,39,45)(H,40,46). The lowest BCUT2D eigenvalue weighted by Crippen LogP contribution is -2.54. The largest absolute Gasteiger partial charge is 0.467 e. The van der Waals surface area contributed by atoms with Crippen LogP contribution in [0.1, 0.15) is 70.3 Å². The highest BCUT2D eigenvalue weighted by atomic mass is 16.6. The second-order valence-electron chi connectivity index (χ2n) is 12.7. The molecule has 274 valence electrons. The van der Waals surface area contributed by atoms with E-state index in [1.54, 1.807) is 40.7 Å². The van der Waals surface area contributed by atoms with Crippen LogP contribution in [0.15, 0.2) is 48.5 Å². The molecule has 50 heavy (non-hydrogen) atoms. The number of anilines is 2. The van der Waals surface area contributed by atoms with Crippen molar-refractivity contribution in [3.05, 3.63) is 59.7 Å². The second kappa shape index (κ2) is 19.6. The number of hydrogen-bond acceptors (Lipinski definition) is 11. The second-order valence-corrected chi connectivity index (χ2v) is 12.7. The lowest BCUT2D eigenvalue weighted by Gasteiger charge is -2.26. The topological polar surface area (TPSA) is 199 Å². The smallest absolute Gasteiger partial charge is 0.408 e. The number of carbonyl (C=O) groups excluding carboxylic acids is 6. The van der Waals surface area contributed by atoms with Crippen molar-refractivity contribution in [3.63, 3.8) is 0 Å². The van der Waals surface area contributed by atoms with E-state index in [4.69, 9.17) is 18.9 Å². The van der Waals surface area contributed by atoms with Crippen LogP contribution in [0.4, 0.5) is 21.0 Å². The highest BCUT2D eigenvalue weighted by Gasteiger charge is 2.29. The maximum atomic E-state index is 13.1. The summed E-state index contributed by atoms with van der Waals surface area (Å²) in [7, 11) is 2.42. The molecule has 0 aliphatic heterocycles. The molecule has 3 atom stereocenters. The van der Waals surface area contributed by atoms with Crippen LogP contribution < -0.4 is 26.6 Å². The maximum absolute atomic E-state index is 13.1. The van der Waals surface area contributed by atoms with Gasteiger partial charge in [-0.1, -0.05) is 44.2 Å². The normalized spacial score (nSPS) is 12.7. The summed E-state index contributed by atoms with van der Waals surface area (Å²) < 4.78 is 20.2. The van der Waals surface area contributed by atoms with Crippen molar-refractivity contribution < 1.29 is 47.7 Å². The van der Waals surface area contributed by atoms with Crippen LogP contribution >= 0.6 is 0 Å². The van der Waals surface area contributed by atoms with Crippen LogP contribution in [0.2, 0.25) is 0 Å². The number of alkyl carbamates (subject to hydrolysis) is 2. The Morgan fingerprint density at radius 1 is 0.800 bits per heavy atom. The Labute approximate surface area is 292 Å². The van der Waals surface area contributed by atoms with E-state index in [1.165, 1.54) is 33.3 Å². The van der Waals surface area contributed by atoms with Gasteiger partial charge in [-0.2, -0.15) is 0 Å². The Balaban J connectivity index is 1.99. The molecular formula is C35H49N5O10. The average Bonchev–Trinajstić information content (AvgIpc) is 3.06. The summed E-state index contributed by atoms with van der Waals surface area (Å²) in [6, 6.07) is 10.8. The van der Waals surface area contributed by atoms with Crippen LogP contribution in [0.5, 0.6) is 0 Å². The number of methoxy groups -OCH3 is 2. The van der Waals surface area contributed by atoms with Gasteiger partial charge in [0.2, 0.25) is 11.8 Å². The molecule has 0 saturated heterocycles. The zero-order valence-corrected chi connectivity index (χ0v) is 29.8. The molecule has 0 aliphatic carbocycles. The highest BCUT2D eigenvalue weighted by molar-refractivity contribution is 6.04. The quantitative estimate of drug-likeness (QED) is 0.0959. The van der Waals surface area contributed by atoms with Crippen molar-refractivity contribution >= 4 is 47.3 Å². The van der Waals surface area contributed by atoms with E-state index in [0.29, 0.717) is 18.7 Å². The third kappa shape index (κ3) is 14.0. The molecule has 15 heteroatoms. The van der Waals surface area contributed by atoms with E-state index in [1.807, 2.05) is 30.3 Å². The SMILES string of the molecule is COC(=O)c1cc(NCCCC(NC(=O)OCc2ccccc2)C(=O)OC)ccc1NC(=O)C(C)NC(=O)C(NC(=O)OC(C)(C)C)C(C)C. The summed E-state index contributed by atoms with van der Waals surface area (Å²) >= 11 is 0. The molecule has 3 unspecified atom stereocenters. The average molecular weight is 700 g/mol. The summed E-state index contributed by atoms with van der Waals surface area (Å²) in [5, 5.41) is 13.4. The predicted molar refractivity (Wildman–Crippen MR) is 185 cm³/mol.